The molecule has 18 heavy (non-hydrogen) atoms. The van der Waals surface area contributed by atoms with Crippen LogP contribution in [-0.2, 0) is 12.1 Å². The molecule has 0 spiro atoms. The fraction of sp³-hybridized carbons (Fsp3) is 0.538. The highest BCUT2D eigenvalue weighted by Crippen LogP contribution is 2.28. The molecule has 0 aliphatic carbocycles. The Bertz CT molecular complexity index is 485. The number of thiazole rings is 1. The summed E-state index contributed by atoms with van der Waals surface area (Å²) in [6.07, 6.45) is 5.66. The van der Waals surface area contributed by atoms with Crippen LogP contribution in [0, 0.1) is 0 Å². The number of rotatable bonds is 5. The zero-order valence-electron chi connectivity index (χ0n) is 11.3. The summed E-state index contributed by atoms with van der Waals surface area (Å²) in [6.45, 7) is 9.46. The van der Waals surface area contributed by atoms with Gasteiger partial charge in [0, 0.05) is 30.4 Å². The van der Waals surface area contributed by atoms with Gasteiger partial charge in [0.1, 0.15) is 5.01 Å². The van der Waals surface area contributed by atoms with Crippen molar-refractivity contribution in [2.45, 2.75) is 45.8 Å². The minimum atomic E-state index is -0.154. The molecule has 0 fully saturated rings. The highest BCUT2D eigenvalue weighted by atomic mass is 32.1. The van der Waals surface area contributed by atoms with Gasteiger partial charge in [0.25, 0.3) is 0 Å². The molecule has 1 N–H and O–H groups in total. The fourth-order valence-corrected chi connectivity index (χ4v) is 2.65. The number of hydrogen-bond donors (Lipinski definition) is 1. The van der Waals surface area contributed by atoms with Gasteiger partial charge in [0.15, 0.2) is 0 Å². The van der Waals surface area contributed by atoms with Crippen molar-refractivity contribution >= 4 is 11.3 Å². The molecule has 4 nitrogen and oxygen atoms in total. The van der Waals surface area contributed by atoms with Gasteiger partial charge in [-0.05, 0) is 13.8 Å². The van der Waals surface area contributed by atoms with Crippen molar-refractivity contribution in [3.05, 3.63) is 34.8 Å². The maximum absolute atomic E-state index is 4.43. The Hall–Kier alpha value is -1.20. The van der Waals surface area contributed by atoms with Crippen LogP contribution < -0.4 is 5.32 Å². The number of nitrogens with one attached hydrogen (secondary N) is 1. The predicted molar refractivity (Wildman–Crippen MR) is 74.7 cm³/mol. The number of hydrogen-bond acceptors (Lipinski definition) is 4. The van der Waals surface area contributed by atoms with Crippen LogP contribution in [0.3, 0.4) is 0 Å². The summed E-state index contributed by atoms with van der Waals surface area (Å²) >= 11 is 1.68. The first kappa shape index (κ1) is 13.2. The van der Waals surface area contributed by atoms with Crippen LogP contribution >= 0.6 is 11.3 Å². The number of imidazole rings is 1. The molecule has 0 saturated heterocycles. The molecule has 0 saturated carbocycles. The van der Waals surface area contributed by atoms with Gasteiger partial charge in [-0.15, -0.1) is 11.3 Å². The van der Waals surface area contributed by atoms with E-state index in [9.17, 15) is 0 Å². The molecule has 2 aromatic heterocycles. The maximum Gasteiger partial charge on any atom is 0.118 e. The van der Waals surface area contributed by atoms with Gasteiger partial charge in [-0.1, -0.05) is 13.8 Å². The van der Waals surface area contributed by atoms with Crippen LogP contribution in [0.25, 0.3) is 0 Å². The van der Waals surface area contributed by atoms with E-state index in [0.717, 1.165) is 11.6 Å². The third-order valence-corrected chi connectivity index (χ3v) is 4.05. The van der Waals surface area contributed by atoms with Crippen molar-refractivity contribution in [2.75, 3.05) is 0 Å². The van der Waals surface area contributed by atoms with E-state index in [1.165, 1.54) is 5.69 Å². The highest BCUT2D eigenvalue weighted by Gasteiger charge is 2.27. The van der Waals surface area contributed by atoms with E-state index in [2.05, 4.69) is 47.5 Å². The molecule has 5 heteroatoms. The van der Waals surface area contributed by atoms with Crippen LogP contribution in [0.15, 0.2) is 24.1 Å². The summed E-state index contributed by atoms with van der Waals surface area (Å²) in [5.74, 6) is 0. The van der Waals surface area contributed by atoms with E-state index in [1.807, 2.05) is 24.1 Å². The van der Waals surface area contributed by atoms with Crippen molar-refractivity contribution in [1.29, 1.82) is 0 Å². The topological polar surface area (TPSA) is 42.7 Å². The molecule has 0 amide bonds. The summed E-state index contributed by atoms with van der Waals surface area (Å²) in [7, 11) is 0. The quantitative estimate of drug-likeness (QED) is 0.902. The lowest BCUT2D eigenvalue weighted by Crippen LogP contribution is -2.31. The van der Waals surface area contributed by atoms with Crippen molar-refractivity contribution in [2.24, 2.45) is 0 Å². The molecule has 0 aliphatic rings. The molecular weight excluding hydrogens is 244 g/mol. The van der Waals surface area contributed by atoms with Gasteiger partial charge < -0.3 is 9.88 Å². The Morgan fingerprint density at radius 1 is 1.44 bits per heavy atom. The summed E-state index contributed by atoms with van der Waals surface area (Å²) in [4.78, 5) is 8.71. The Morgan fingerprint density at radius 2 is 2.22 bits per heavy atom. The smallest absolute Gasteiger partial charge is 0.118 e. The van der Waals surface area contributed by atoms with E-state index >= 15 is 0 Å². The average molecular weight is 264 g/mol. The first-order valence-electron chi connectivity index (χ1n) is 6.17. The second kappa shape index (κ2) is 5.20. The van der Waals surface area contributed by atoms with Crippen LogP contribution in [0.2, 0.25) is 0 Å². The van der Waals surface area contributed by atoms with E-state index in [-0.39, 0.29) is 5.54 Å². The van der Waals surface area contributed by atoms with Crippen molar-refractivity contribution in [1.82, 2.24) is 19.9 Å². The van der Waals surface area contributed by atoms with Crippen LogP contribution in [0.5, 0.6) is 0 Å². The van der Waals surface area contributed by atoms with Crippen LogP contribution in [-0.4, -0.2) is 20.6 Å². The third-order valence-electron chi connectivity index (χ3n) is 2.96. The van der Waals surface area contributed by atoms with Crippen LogP contribution in [0.1, 0.15) is 38.4 Å². The van der Waals surface area contributed by atoms with Gasteiger partial charge in [0.2, 0.25) is 0 Å². The SMILES string of the molecule is CC(C)NCc1cncn1C(C)(C)c1nccs1. The zero-order valence-corrected chi connectivity index (χ0v) is 12.2. The molecule has 0 atom stereocenters. The van der Waals surface area contributed by atoms with Crippen LogP contribution in [0.4, 0.5) is 0 Å². The fourth-order valence-electron chi connectivity index (χ4n) is 1.89. The standard InChI is InChI=1S/C13H20N4S/c1-10(2)16-8-11-7-14-9-17(11)13(3,4)12-15-5-6-18-12/h5-7,9-10,16H,8H2,1-4H3. The minimum Gasteiger partial charge on any atom is -0.321 e. The Morgan fingerprint density at radius 3 is 2.83 bits per heavy atom. The van der Waals surface area contributed by atoms with E-state index in [0.29, 0.717) is 6.04 Å². The molecule has 0 bridgehead atoms. The van der Waals surface area contributed by atoms with Gasteiger partial charge in [0.05, 0.1) is 17.6 Å². The third kappa shape index (κ3) is 2.62. The molecule has 0 radical (unpaired) electrons. The monoisotopic (exact) mass is 264 g/mol. The summed E-state index contributed by atoms with van der Waals surface area (Å²) in [5.41, 5.74) is 1.03. The number of nitrogens with zero attached hydrogens (tertiary/aromatic N) is 3. The lowest BCUT2D eigenvalue weighted by molar-refractivity contribution is 0.410. The maximum atomic E-state index is 4.43. The van der Waals surface area contributed by atoms with E-state index < -0.39 is 0 Å². The van der Waals surface area contributed by atoms with Crippen molar-refractivity contribution < 1.29 is 0 Å². The molecule has 0 aromatic carbocycles. The molecule has 2 heterocycles. The van der Waals surface area contributed by atoms with Gasteiger partial charge in [-0.2, -0.15) is 0 Å². The highest BCUT2D eigenvalue weighted by molar-refractivity contribution is 7.09. The summed E-state index contributed by atoms with van der Waals surface area (Å²) in [6, 6.07) is 0.469. The van der Waals surface area contributed by atoms with E-state index in [1.54, 1.807) is 11.3 Å². The molecule has 0 unspecified atom stereocenters. The van der Waals surface area contributed by atoms with Gasteiger partial charge in [-0.3, -0.25) is 0 Å². The molecule has 98 valence electrons. The van der Waals surface area contributed by atoms with Crippen molar-refractivity contribution in [3.8, 4) is 0 Å². The first-order valence-corrected chi connectivity index (χ1v) is 7.05. The Labute approximate surface area is 112 Å². The first-order chi connectivity index (χ1) is 8.51. The summed E-state index contributed by atoms with van der Waals surface area (Å²) < 4.78 is 2.20. The predicted octanol–water partition coefficient (Wildman–Crippen LogP) is 2.62. The largest absolute Gasteiger partial charge is 0.321 e. The molecular formula is C13H20N4S. The lowest BCUT2D eigenvalue weighted by atomic mass is 10.1. The average Bonchev–Trinajstić information content (AvgIpc) is 2.97. The second-order valence-electron chi connectivity index (χ2n) is 5.19. The second-order valence-corrected chi connectivity index (χ2v) is 6.08. The normalized spacial score (nSPS) is 12.3. The lowest BCUT2D eigenvalue weighted by Gasteiger charge is -2.26. The molecule has 2 aromatic rings. The molecule has 0 aliphatic heterocycles. The van der Waals surface area contributed by atoms with Gasteiger partial charge in [-0.25, -0.2) is 9.97 Å². The minimum absolute atomic E-state index is 0.154. The Balaban J connectivity index is 2.25. The van der Waals surface area contributed by atoms with E-state index in [4.69, 9.17) is 0 Å². The Kier molecular flexibility index (Phi) is 3.82. The summed E-state index contributed by atoms with van der Waals surface area (Å²) in [5, 5.41) is 6.54. The van der Waals surface area contributed by atoms with Gasteiger partial charge >= 0.3 is 0 Å². The number of aromatic nitrogens is 3. The molecule has 2 rings (SSSR count). The zero-order chi connectivity index (χ0) is 13.2. The van der Waals surface area contributed by atoms with Crippen molar-refractivity contribution in [3.63, 3.8) is 0 Å².